The van der Waals surface area contributed by atoms with E-state index in [1.165, 1.54) is 18.2 Å². The zero-order valence-electron chi connectivity index (χ0n) is 15.2. The fraction of sp³-hybridized carbons (Fsp3) is 0.125. The van der Waals surface area contributed by atoms with E-state index in [9.17, 15) is 8.78 Å². The summed E-state index contributed by atoms with van der Waals surface area (Å²) >= 11 is 0. The molecular formula is C24H18F2N2. The molecule has 1 aliphatic rings. The molecule has 4 aromatic rings. The molecule has 0 radical (unpaired) electrons. The summed E-state index contributed by atoms with van der Waals surface area (Å²) in [7, 11) is 0. The van der Waals surface area contributed by atoms with Gasteiger partial charge in [-0.1, -0.05) is 24.3 Å². The smallest absolute Gasteiger partial charge is 0.125 e. The lowest BCUT2D eigenvalue weighted by molar-refractivity contribution is 0.624. The molecule has 0 amide bonds. The molecule has 5 rings (SSSR count). The van der Waals surface area contributed by atoms with Crippen LogP contribution in [0.5, 0.6) is 0 Å². The summed E-state index contributed by atoms with van der Waals surface area (Å²) in [6, 6.07) is 21.4. The number of hydrogen-bond donors (Lipinski definition) is 0. The molecule has 3 aromatic carbocycles. The fourth-order valence-corrected chi connectivity index (χ4v) is 3.93. The van der Waals surface area contributed by atoms with Gasteiger partial charge in [0.2, 0.25) is 0 Å². The van der Waals surface area contributed by atoms with Crippen molar-refractivity contribution in [2.24, 2.45) is 0 Å². The Kier molecular flexibility index (Phi) is 4.05. The zero-order valence-corrected chi connectivity index (χ0v) is 15.2. The summed E-state index contributed by atoms with van der Waals surface area (Å²) < 4.78 is 27.5. The Hall–Kier alpha value is -3.27. The number of fused-ring (bicyclic) bond motifs is 2. The molecule has 0 N–H and O–H groups in total. The first kappa shape index (κ1) is 16.9. The van der Waals surface area contributed by atoms with Gasteiger partial charge in [0.15, 0.2) is 0 Å². The number of pyridine rings is 1. The van der Waals surface area contributed by atoms with Crippen LogP contribution in [0, 0.1) is 11.6 Å². The molecule has 0 fully saturated rings. The van der Waals surface area contributed by atoms with E-state index in [4.69, 9.17) is 4.98 Å². The van der Waals surface area contributed by atoms with Crippen molar-refractivity contribution in [3.05, 3.63) is 90.0 Å². The van der Waals surface area contributed by atoms with Gasteiger partial charge in [-0.25, -0.2) is 13.8 Å². The Morgan fingerprint density at radius 1 is 0.786 bits per heavy atom. The molecule has 0 bridgehead atoms. The van der Waals surface area contributed by atoms with Gasteiger partial charge in [-0.15, -0.1) is 0 Å². The molecule has 28 heavy (non-hydrogen) atoms. The quantitative estimate of drug-likeness (QED) is 0.413. The van der Waals surface area contributed by atoms with Gasteiger partial charge in [-0.05, 0) is 66.9 Å². The molecule has 0 spiro atoms. The first-order valence-corrected chi connectivity index (χ1v) is 9.41. The minimum Gasteiger partial charge on any atom is -0.339 e. The van der Waals surface area contributed by atoms with Crippen molar-refractivity contribution >= 4 is 22.3 Å². The summed E-state index contributed by atoms with van der Waals surface area (Å²) in [5, 5.41) is 1.02. The summed E-state index contributed by atoms with van der Waals surface area (Å²) in [6.45, 7) is 0.782. The third-order valence-corrected chi connectivity index (χ3v) is 5.28. The van der Waals surface area contributed by atoms with Crippen molar-refractivity contribution in [2.75, 3.05) is 11.4 Å². The normalized spacial score (nSPS) is 13.6. The van der Waals surface area contributed by atoms with Crippen molar-refractivity contribution in [3.63, 3.8) is 0 Å². The molecular weight excluding hydrogens is 354 g/mol. The molecule has 2 nitrogen and oxygen atoms in total. The number of aromatic nitrogens is 1. The molecule has 0 aliphatic carbocycles. The Balaban J connectivity index is 1.76. The molecule has 1 aromatic heterocycles. The summed E-state index contributed by atoms with van der Waals surface area (Å²) in [6.07, 6.45) is 1.91. The zero-order chi connectivity index (χ0) is 19.1. The Labute approximate surface area is 162 Å². The average Bonchev–Trinajstić information content (AvgIpc) is 2.73. The number of para-hydroxylation sites is 1. The number of aryl methyl sites for hydroxylation is 1. The van der Waals surface area contributed by atoms with Crippen LogP contribution in [-0.4, -0.2) is 11.5 Å². The lowest BCUT2D eigenvalue weighted by Gasteiger charge is -2.32. The first-order valence-electron chi connectivity index (χ1n) is 9.41. The average molecular weight is 372 g/mol. The van der Waals surface area contributed by atoms with Gasteiger partial charge in [-0.3, -0.25) is 0 Å². The second-order valence-corrected chi connectivity index (χ2v) is 7.08. The van der Waals surface area contributed by atoms with Crippen molar-refractivity contribution in [1.29, 1.82) is 0 Å². The van der Waals surface area contributed by atoms with Crippen LogP contribution in [-0.2, 0) is 6.42 Å². The van der Waals surface area contributed by atoms with Crippen molar-refractivity contribution in [3.8, 4) is 11.3 Å². The molecule has 138 valence electrons. The van der Waals surface area contributed by atoms with E-state index in [2.05, 4.69) is 11.0 Å². The Bertz CT molecular complexity index is 1170. The predicted molar refractivity (Wildman–Crippen MR) is 109 cm³/mol. The summed E-state index contributed by atoms with van der Waals surface area (Å²) in [5.74, 6) is -0.529. The van der Waals surface area contributed by atoms with E-state index in [0.717, 1.165) is 58.5 Å². The minimum atomic E-state index is -0.281. The lowest BCUT2D eigenvalue weighted by Crippen LogP contribution is -2.25. The van der Waals surface area contributed by atoms with Crippen LogP contribution in [0.3, 0.4) is 0 Å². The van der Waals surface area contributed by atoms with Gasteiger partial charge in [0.1, 0.15) is 11.6 Å². The SMILES string of the molecule is Fc1ccc(-c2nc3ccccc3cc2N2CCCc3ccc(F)cc32)cc1. The van der Waals surface area contributed by atoms with E-state index < -0.39 is 0 Å². The molecule has 1 aliphatic heterocycles. The Morgan fingerprint density at radius 3 is 2.43 bits per heavy atom. The monoisotopic (exact) mass is 372 g/mol. The largest absolute Gasteiger partial charge is 0.339 e. The highest BCUT2D eigenvalue weighted by molar-refractivity contribution is 5.91. The van der Waals surface area contributed by atoms with Crippen LogP contribution in [0.4, 0.5) is 20.2 Å². The lowest BCUT2D eigenvalue weighted by atomic mass is 9.99. The number of rotatable bonds is 2. The van der Waals surface area contributed by atoms with Gasteiger partial charge >= 0.3 is 0 Å². The van der Waals surface area contributed by atoms with Crippen LogP contribution in [0.25, 0.3) is 22.2 Å². The third kappa shape index (κ3) is 2.91. The summed E-state index contributed by atoms with van der Waals surface area (Å²) in [4.78, 5) is 7.03. The van der Waals surface area contributed by atoms with E-state index in [1.807, 2.05) is 30.3 Å². The van der Waals surface area contributed by atoms with Crippen molar-refractivity contribution < 1.29 is 8.78 Å². The predicted octanol–water partition coefficient (Wildman–Crippen LogP) is 6.26. The maximum atomic E-state index is 14.0. The highest BCUT2D eigenvalue weighted by Gasteiger charge is 2.23. The van der Waals surface area contributed by atoms with Crippen LogP contribution in [0.15, 0.2) is 72.8 Å². The molecule has 0 saturated heterocycles. The number of halogens is 2. The maximum Gasteiger partial charge on any atom is 0.125 e. The molecule has 4 heteroatoms. The number of anilines is 2. The van der Waals surface area contributed by atoms with Gasteiger partial charge in [0.25, 0.3) is 0 Å². The molecule has 0 saturated carbocycles. The number of nitrogens with zero attached hydrogens (tertiary/aromatic N) is 2. The fourth-order valence-electron chi connectivity index (χ4n) is 3.93. The molecule has 0 atom stereocenters. The number of benzene rings is 3. The Morgan fingerprint density at radius 2 is 1.57 bits per heavy atom. The van der Waals surface area contributed by atoms with Gasteiger partial charge in [-0.2, -0.15) is 0 Å². The topological polar surface area (TPSA) is 16.1 Å². The number of hydrogen-bond acceptors (Lipinski definition) is 2. The standard InChI is InChI=1S/C24H18F2N2/c25-19-10-8-17(9-11-19)24-23(14-18-4-1-2-6-21(18)27-24)28-13-3-5-16-7-12-20(26)15-22(16)28/h1-2,4,6-12,14-15H,3,5,13H2. The second kappa shape index (κ2) is 6.71. The first-order chi connectivity index (χ1) is 13.7. The maximum absolute atomic E-state index is 14.0. The van der Waals surface area contributed by atoms with Crippen LogP contribution in [0.1, 0.15) is 12.0 Å². The van der Waals surface area contributed by atoms with Gasteiger partial charge in [0, 0.05) is 23.2 Å². The summed E-state index contributed by atoms with van der Waals surface area (Å²) in [5.41, 5.74) is 5.41. The second-order valence-electron chi connectivity index (χ2n) is 7.08. The molecule has 2 heterocycles. The highest BCUT2D eigenvalue weighted by atomic mass is 19.1. The molecule has 0 unspecified atom stereocenters. The third-order valence-electron chi connectivity index (χ3n) is 5.28. The van der Waals surface area contributed by atoms with E-state index >= 15 is 0 Å². The van der Waals surface area contributed by atoms with E-state index in [0.29, 0.717) is 0 Å². The van der Waals surface area contributed by atoms with Gasteiger partial charge < -0.3 is 4.90 Å². The van der Waals surface area contributed by atoms with Gasteiger partial charge in [0.05, 0.1) is 16.9 Å². The van der Waals surface area contributed by atoms with Crippen LogP contribution in [0.2, 0.25) is 0 Å². The van der Waals surface area contributed by atoms with E-state index in [1.54, 1.807) is 18.2 Å². The highest BCUT2D eigenvalue weighted by Crippen LogP contribution is 2.40. The van der Waals surface area contributed by atoms with Crippen LogP contribution < -0.4 is 4.90 Å². The van der Waals surface area contributed by atoms with Crippen molar-refractivity contribution in [1.82, 2.24) is 4.98 Å². The minimum absolute atomic E-state index is 0.247. The van der Waals surface area contributed by atoms with Crippen molar-refractivity contribution in [2.45, 2.75) is 12.8 Å². The van der Waals surface area contributed by atoms with E-state index in [-0.39, 0.29) is 11.6 Å². The van der Waals surface area contributed by atoms with Crippen LogP contribution >= 0.6 is 0 Å².